The molecular formula is C19H16F2IN3OS. The summed E-state index contributed by atoms with van der Waals surface area (Å²) in [5.41, 5.74) is 1.91. The molecule has 1 aromatic heterocycles. The van der Waals surface area contributed by atoms with Crippen LogP contribution >= 0.6 is 33.9 Å². The third kappa shape index (κ3) is 4.06. The molecule has 0 aliphatic carbocycles. The van der Waals surface area contributed by atoms with Crippen molar-refractivity contribution in [2.75, 3.05) is 18.4 Å². The van der Waals surface area contributed by atoms with E-state index in [9.17, 15) is 13.6 Å². The maximum absolute atomic E-state index is 13.5. The molecule has 2 amide bonds. The van der Waals surface area contributed by atoms with Gasteiger partial charge >= 0.3 is 6.03 Å². The molecule has 1 N–H and O–H groups in total. The molecule has 4 rings (SSSR count). The number of likely N-dealkylation sites (tertiary alicyclic amines) is 1. The monoisotopic (exact) mass is 499 g/mol. The lowest BCUT2D eigenvalue weighted by Gasteiger charge is -2.29. The topological polar surface area (TPSA) is 45.2 Å². The summed E-state index contributed by atoms with van der Waals surface area (Å²) in [5.74, 6) is -1.77. The standard InChI is InChI=1S/C19H16F2IN3OS/c20-14-3-1-11(9-15(14)21)18-24-16-10-13(2-4-17(16)27-18)23-19(26)25-7-5-12(22)6-8-25/h1-4,9-10,12H,5-8H2,(H,23,26). The Morgan fingerprint density at radius 1 is 1.15 bits per heavy atom. The first kappa shape index (κ1) is 18.5. The van der Waals surface area contributed by atoms with Crippen molar-refractivity contribution in [3.8, 4) is 10.6 Å². The number of carbonyl (C=O) groups excluding carboxylic acids is 1. The van der Waals surface area contributed by atoms with E-state index in [4.69, 9.17) is 0 Å². The van der Waals surface area contributed by atoms with Crippen LogP contribution in [0.3, 0.4) is 0 Å². The average molecular weight is 499 g/mol. The van der Waals surface area contributed by atoms with Crippen LogP contribution in [-0.4, -0.2) is 32.9 Å². The molecule has 1 aliphatic rings. The zero-order chi connectivity index (χ0) is 19.0. The molecule has 0 spiro atoms. The van der Waals surface area contributed by atoms with Crippen LogP contribution in [-0.2, 0) is 0 Å². The number of rotatable bonds is 2. The second-order valence-corrected chi connectivity index (χ2v) is 9.21. The van der Waals surface area contributed by atoms with Crippen LogP contribution < -0.4 is 5.32 Å². The minimum atomic E-state index is -0.894. The van der Waals surface area contributed by atoms with Crippen molar-refractivity contribution < 1.29 is 13.6 Å². The summed E-state index contributed by atoms with van der Waals surface area (Å²) in [5, 5.41) is 3.53. The van der Waals surface area contributed by atoms with Gasteiger partial charge in [-0.3, -0.25) is 0 Å². The molecular weight excluding hydrogens is 483 g/mol. The molecule has 0 unspecified atom stereocenters. The lowest BCUT2D eigenvalue weighted by Crippen LogP contribution is -2.41. The predicted octanol–water partition coefficient (Wildman–Crippen LogP) is 5.67. The van der Waals surface area contributed by atoms with E-state index in [0.29, 0.717) is 25.7 Å². The molecule has 1 aliphatic heterocycles. The number of benzene rings is 2. The average Bonchev–Trinajstić information content (AvgIpc) is 3.08. The number of anilines is 1. The summed E-state index contributed by atoms with van der Waals surface area (Å²) in [4.78, 5) is 18.8. The number of nitrogens with zero attached hydrogens (tertiary/aromatic N) is 2. The first-order valence-electron chi connectivity index (χ1n) is 8.55. The first-order chi connectivity index (χ1) is 13.0. The number of halogens is 3. The maximum Gasteiger partial charge on any atom is 0.321 e. The van der Waals surface area contributed by atoms with Crippen molar-refractivity contribution >= 4 is 55.9 Å². The fourth-order valence-electron chi connectivity index (χ4n) is 3.01. The van der Waals surface area contributed by atoms with Crippen LogP contribution in [0.15, 0.2) is 36.4 Å². The Kier molecular flexibility index (Phi) is 5.27. The number of nitrogens with one attached hydrogen (secondary N) is 1. The van der Waals surface area contributed by atoms with Crippen molar-refractivity contribution in [3.05, 3.63) is 48.0 Å². The number of carbonyl (C=O) groups is 1. The van der Waals surface area contributed by atoms with Crippen molar-refractivity contribution in [3.63, 3.8) is 0 Å². The molecule has 0 bridgehead atoms. The van der Waals surface area contributed by atoms with Gasteiger partial charge in [0.25, 0.3) is 0 Å². The van der Waals surface area contributed by atoms with Gasteiger partial charge in [0.1, 0.15) is 5.01 Å². The molecule has 3 aromatic rings. The van der Waals surface area contributed by atoms with Crippen LogP contribution in [0.5, 0.6) is 0 Å². The second kappa shape index (κ2) is 7.67. The van der Waals surface area contributed by atoms with E-state index in [1.807, 2.05) is 17.0 Å². The summed E-state index contributed by atoms with van der Waals surface area (Å²) in [6.45, 7) is 1.53. The molecule has 8 heteroatoms. The number of amides is 2. The summed E-state index contributed by atoms with van der Waals surface area (Å²) < 4.78 is 28.2. The minimum absolute atomic E-state index is 0.103. The lowest BCUT2D eigenvalue weighted by atomic mass is 10.1. The summed E-state index contributed by atoms with van der Waals surface area (Å²) >= 11 is 3.82. The highest BCUT2D eigenvalue weighted by atomic mass is 127. The van der Waals surface area contributed by atoms with Crippen molar-refractivity contribution in [2.45, 2.75) is 16.8 Å². The Morgan fingerprint density at radius 3 is 2.67 bits per heavy atom. The van der Waals surface area contributed by atoms with Crippen LogP contribution in [0.4, 0.5) is 19.3 Å². The number of hydrogen-bond acceptors (Lipinski definition) is 3. The van der Waals surface area contributed by atoms with Crippen LogP contribution in [0.25, 0.3) is 20.8 Å². The Hall–Kier alpha value is -1.81. The van der Waals surface area contributed by atoms with Gasteiger partial charge in [-0.2, -0.15) is 0 Å². The summed E-state index contributed by atoms with van der Waals surface area (Å²) in [7, 11) is 0. The Bertz CT molecular complexity index is 1000. The van der Waals surface area contributed by atoms with E-state index >= 15 is 0 Å². The van der Waals surface area contributed by atoms with E-state index in [-0.39, 0.29) is 6.03 Å². The van der Waals surface area contributed by atoms with Gasteiger partial charge in [-0.05, 0) is 49.2 Å². The Labute approximate surface area is 172 Å². The van der Waals surface area contributed by atoms with Gasteiger partial charge in [0, 0.05) is 28.3 Å². The number of thiazole rings is 1. The lowest BCUT2D eigenvalue weighted by molar-refractivity contribution is 0.202. The number of fused-ring (bicyclic) bond motifs is 1. The number of aromatic nitrogens is 1. The molecule has 2 aromatic carbocycles. The third-order valence-electron chi connectivity index (χ3n) is 4.52. The third-order valence-corrected chi connectivity index (χ3v) is 6.85. The molecule has 140 valence electrons. The highest BCUT2D eigenvalue weighted by Gasteiger charge is 2.21. The van der Waals surface area contributed by atoms with E-state index in [0.717, 1.165) is 42.8 Å². The largest absolute Gasteiger partial charge is 0.324 e. The number of hydrogen-bond donors (Lipinski definition) is 1. The minimum Gasteiger partial charge on any atom is -0.324 e. The smallest absolute Gasteiger partial charge is 0.321 e. The van der Waals surface area contributed by atoms with Crippen LogP contribution in [0.2, 0.25) is 0 Å². The number of alkyl halides is 1. The normalized spacial score (nSPS) is 15.3. The van der Waals surface area contributed by atoms with Gasteiger partial charge in [-0.25, -0.2) is 18.6 Å². The molecule has 0 atom stereocenters. The Morgan fingerprint density at radius 2 is 1.93 bits per heavy atom. The molecule has 2 heterocycles. The van der Waals surface area contributed by atoms with Gasteiger partial charge < -0.3 is 10.2 Å². The predicted molar refractivity (Wildman–Crippen MR) is 113 cm³/mol. The fourth-order valence-corrected chi connectivity index (χ4v) is 4.51. The van der Waals surface area contributed by atoms with Gasteiger partial charge in [0.2, 0.25) is 0 Å². The quantitative estimate of drug-likeness (QED) is 0.365. The van der Waals surface area contributed by atoms with Crippen molar-refractivity contribution in [1.82, 2.24) is 9.88 Å². The van der Waals surface area contributed by atoms with E-state index in [1.165, 1.54) is 17.4 Å². The maximum atomic E-state index is 13.5. The number of piperidine rings is 1. The molecule has 1 saturated heterocycles. The van der Waals surface area contributed by atoms with E-state index < -0.39 is 11.6 Å². The van der Waals surface area contributed by atoms with E-state index in [1.54, 1.807) is 6.07 Å². The van der Waals surface area contributed by atoms with Gasteiger partial charge in [0.05, 0.1) is 10.2 Å². The van der Waals surface area contributed by atoms with E-state index in [2.05, 4.69) is 32.9 Å². The van der Waals surface area contributed by atoms with Crippen molar-refractivity contribution in [1.29, 1.82) is 0 Å². The van der Waals surface area contributed by atoms with Gasteiger partial charge in [-0.1, -0.05) is 22.6 Å². The van der Waals surface area contributed by atoms with Gasteiger partial charge in [-0.15, -0.1) is 11.3 Å². The van der Waals surface area contributed by atoms with Gasteiger partial charge in [0.15, 0.2) is 11.6 Å². The zero-order valence-corrected chi connectivity index (χ0v) is 17.2. The summed E-state index contributed by atoms with van der Waals surface area (Å²) in [6, 6.07) is 9.16. The first-order valence-corrected chi connectivity index (χ1v) is 10.6. The molecule has 27 heavy (non-hydrogen) atoms. The zero-order valence-electron chi connectivity index (χ0n) is 14.2. The second-order valence-electron chi connectivity index (χ2n) is 6.42. The van der Waals surface area contributed by atoms with Crippen molar-refractivity contribution in [2.24, 2.45) is 0 Å². The SMILES string of the molecule is O=C(Nc1ccc2sc(-c3ccc(F)c(F)c3)nc2c1)N1CCC(I)CC1. The molecule has 1 fully saturated rings. The van der Waals surface area contributed by atoms with Crippen LogP contribution in [0, 0.1) is 11.6 Å². The fraction of sp³-hybridized carbons (Fsp3) is 0.263. The Balaban J connectivity index is 1.54. The highest BCUT2D eigenvalue weighted by Crippen LogP contribution is 2.32. The molecule has 0 saturated carbocycles. The summed E-state index contributed by atoms with van der Waals surface area (Å²) in [6.07, 6.45) is 2.02. The number of urea groups is 1. The highest BCUT2D eigenvalue weighted by molar-refractivity contribution is 14.1. The molecule has 4 nitrogen and oxygen atoms in total. The molecule has 0 radical (unpaired) electrons. The van der Waals surface area contributed by atoms with Crippen LogP contribution in [0.1, 0.15) is 12.8 Å².